The largest absolute Gasteiger partial charge is 0.383 e. The smallest absolute Gasteiger partial charge is 0.0920 e. The molecule has 0 unspecified atom stereocenters. The first-order valence-corrected chi connectivity index (χ1v) is 7.39. The Hall–Kier alpha value is -1.79. The maximum Gasteiger partial charge on any atom is 0.0920 e. The van der Waals surface area contributed by atoms with E-state index in [4.69, 9.17) is 9.72 Å². The van der Waals surface area contributed by atoms with Crippen molar-refractivity contribution in [3.8, 4) is 11.3 Å². The van der Waals surface area contributed by atoms with Crippen molar-refractivity contribution in [3.05, 3.63) is 30.5 Å². The minimum Gasteiger partial charge on any atom is -0.383 e. The first-order chi connectivity index (χ1) is 10.4. The highest BCUT2D eigenvalue weighted by molar-refractivity contribution is 5.55. The van der Waals surface area contributed by atoms with Crippen molar-refractivity contribution in [2.24, 2.45) is 0 Å². The number of methoxy groups -OCH3 is 1. The third-order valence-corrected chi connectivity index (χ3v) is 3.98. The first-order valence-electron chi connectivity index (χ1n) is 7.39. The Labute approximate surface area is 124 Å². The third-order valence-electron chi connectivity index (χ3n) is 3.98. The lowest BCUT2D eigenvalue weighted by Gasteiger charge is -2.32. The Morgan fingerprint density at radius 2 is 2.33 bits per heavy atom. The molecule has 6 heteroatoms. The number of aromatic amines is 1. The van der Waals surface area contributed by atoms with Crippen LogP contribution in [0.4, 0.5) is 0 Å². The van der Waals surface area contributed by atoms with Gasteiger partial charge in [0.25, 0.3) is 0 Å². The molecule has 1 fully saturated rings. The summed E-state index contributed by atoms with van der Waals surface area (Å²) in [5, 5.41) is 6.79. The summed E-state index contributed by atoms with van der Waals surface area (Å²) < 4.78 is 5.17. The van der Waals surface area contributed by atoms with Crippen molar-refractivity contribution in [1.82, 2.24) is 25.1 Å². The molecule has 0 spiro atoms. The van der Waals surface area contributed by atoms with Crippen molar-refractivity contribution in [3.63, 3.8) is 0 Å². The Morgan fingerprint density at radius 3 is 3.14 bits per heavy atom. The summed E-state index contributed by atoms with van der Waals surface area (Å²) in [7, 11) is 1.75. The minimum absolute atomic E-state index is 0.454. The van der Waals surface area contributed by atoms with E-state index in [1.54, 1.807) is 19.5 Å². The Kier molecular flexibility index (Phi) is 4.57. The van der Waals surface area contributed by atoms with Gasteiger partial charge in [0.2, 0.25) is 0 Å². The lowest BCUT2D eigenvalue weighted by atomic mass is 9.95. The zero-order chi connectivity index (χ0) is 14.5. The van der Waals surface area contributed by atoms with Crippen LogP contribution < -0.4 is 0 Å². The van der Waals surface area contributed by atoms with E-state index < -0.39 is 0 Å². The molecule has 3 rings (SSSR count). The molecule has 2 aromatic heterocycles. The fourth-order valence-corrected chi connectivity index (χ4v) is 2.83. The van der Waals surface area contributed by atoms with E-state index in [2.05, 4.69) is 20.1 Å². The van der Waals surface area contributed by atoms with Crippen LogP contribution in [0.1, 0.15) is 24.5 Å². The summed E-state index contributed by atoms with van der Waals surface area (Å²) in [6.45, 7) is 3.96. The molecule has 0 saturated carbocycles. The second kappa shape index (κ2) is 6.78. The molecule has 0 amide bonds. The second-order valence-corrected chi connectivity index (χ2v) is 5.45. The van der Waals surface area contributed by atoms with Gasteiger partial charge >= 0.3 is 0 Å². The van der Waals surface area contributed by atoms with Gasteiger partial charge in [-0.25, -0.2) is 4.98 Å². The molecule has 1 atom stereocenters. The molecule has 1 aliphatic rings. The quantitative estimate of drug-likeness (QED) is 0.906. The third kappa shape index (κ3) is 3.46. The lowest BCUT2D eigenvalue weighted by molar-refractivity contribution is 0.127. The van der Waals surface area contributed by atoms with Gasteiger partial charge in [0.15, 0.2) is 0 Å². The summed E-state index contributed by atoms with van der Waals surface area (Å²) in [5.74, 6) is 0.454. The van der Waals surface area contributed by atoms with Gasteiger partial charge in [0.1, 0.15) is 0 Å². The highest BCUT2D eigenvalue weighted by Crippen LogP contribution is 2.26. The van der Waals surface area contributed by atoms with Gasteiger partial charge in [-0.05, 0) is 19.4 Å². The highest BCUT2D eigenvalue weighted by Gasteiger charge is 2.22. The number of hydrogen-bond acceptors (Lipinski definition) is 5. The Morgan fingerprint density at radius 1 is 1.38 bits per heavy atom. The van der Waals surface area contributed by atoms with Gasteiger partial charge in [-0.2, -0.15) is 5.10 Å². The normalized spacial score (nSPS) is 19.8. The van der Waals surface area contributed by atoms with Crippen molar-refractivity contribution in [2.75, 3.05) is 33.4 Å². The molecular weight excluding hydrogens is 266 g/mol. The predicted molar refractivity (Wildman–Crippen MR) is 79.9 cm³/mol. The molecule has 0 aromatic carbocycles. The number of likely N-dealkylation sites (tertiary alicyclic amines) is 1. The van der Waals surface area contributed by atoms with E-state index in [1.807, 2.05) is 12.4 Å². The van der Waals surface area contributed by atoms with Crippen molar-refractivity contribution in [2.45, 2.75) is 18.8 Å². The number of hydrogen-bond donors (Lipinski definition) is 1. The molecule has 0 radical (unpaired) electrons. The second-order valence-electron chi connectivity index (χ2n) is 5.45. The Balaban J connectivity index is 1.72. The zero-order valence-corrected chi connectivity index (χ0v) is 12.3. The van der Waals surface area contributed by atoms with E-state index in [0.29, 0.717) is 5.92 Å². The minimum atomic E-state index is 0.454. The number of nitrogens with one attached hydrogen (secondary N) is 1. The maximum absolute atomic E-state index is 5.17. The summed E-state index contributed by atoms with van der Waals surface area (Å²) in [6.07, 6.45) is 9.69. The van der Waals surface area contributed by atoms with Crippen LogP contribution in [0.5, 0.6) is 0 Å². The van der Waals surface area contributed by atoms with Crippen LogP contribution in [0, 0.1) is 0 Å². The molecule has 1 aliphatic heterocycles. The van der Waals surface area contributed by atoms with Crippen molar-refractivity contribution in [1.29, 1.82) is 0 Å². The van der Waals surface area contributed by atoms with E-state index in [1.165, 1.54) is 12.8 Å². The summed E-state index contributed by atoms with van der Waals surface area (Å²) in [4.78, 5) is 11.6. The van der Waals surface area contributed by atoms with Crippen LogP contribution in [-0.2, 0) is 4.74 Å². The number of aromatic nitrogens is 4. The van der Waals surface area contributed by atoms with E-state index >= 15 is 0 Å². The molecule has 1 saturated heterocycles. The molecule has 112 valence electrons. The van der Waals surface area contributed by atoms with Crippen LogP contribution in [0.2, 0.25) is 0 Å². The zero-order valence-electron chi connectivity index (χ0n) is 12.3. The van der Waals surface area contributed by atoms with Crippen molar-refractivity contribution >= 4 is 0 Å². The molecule has 6 nitrogen and oxygen atoms in total. The summed E-state index contributed by atoms with van der Waals surface area (Å²) >= 11 is 0. The summed E-state index contributed by atoms with van der Waals surface area (Å²) in [6, 6.07) is 0. The summed E-state index contributed by atoms with van der Waals surface area (Å²) in [5.41, 5.74) is 2.95. The molecule has 0 aliphatic carbocycles. The predicted octanol–water partition coefficient (Wildman–Crippen LogP) is 1.69. The number of ether oxygens (including phenoxy) is 1. The monoisotopic (exact) mass is 287 g/mol. The number of H-pyrrole nitrogens is 1. The molecule has 3 heterocycles. The van der Waals surface area contributed by atoms with Crippen LogP contribution in [0.15, 0.2) is 24.8 Å². The van der Waals surface area contributed by atoms with Crippen molar-refractivity contribution < 1.29 is 4.74 Å². The Bertz CT molecular complexity index is 557. The number of nitrogens with zero attached hydrogens (tertiary/aromatic N) is 4. The fourth-order valence-electron chi connectivity index (χ4n) is 2.83. The van der Waals surface area contributed by atoms with Crippen LogP contribution >= 0.6 is 0 Å². The molecular formula is C15H21N5O. The molecule has 2 aromatic rings. The average Bonchev–Trinajstić information content (AvgIpc) is 3.08. The fraction of sp³-hybridized carbons (Fsp3) is 0.533. The molecule has 0 bridgehead atoms. The van der Waals surface area contributed by atoms with Gasteiger partial charge in [0, 0.05) is 44.1 Å². The van der Waals surface area contributed by atoms with Gasteiger partial charge < -0.3 is 9.64 Å². The number of piperidine rings is 1. The first kappa shape index (κ1) is 14.2. The SMILES string of the molecule is COCCN1CCC[C@@H](c2cncc(-c3cn[nH]c3)n2)C1. The topological polar surface area (TPSA) is 66.9 Å². The van der Waals surface area contributed by atoms with E-state index in [9.17, 15) is 0 Å². The lowest BCUT2D eigenvalue weighted by Crippen LogP contribution is -2.36. The van der Waals surface area contributed by atoms with E-state index in [-0.39, 0.29) is 0 Å². The van der Waals surface area contributed by atoms with Gasteiger partial charge in [0.05, 0.1) is 30.4 Å². The molecule has 21 heavy (non-hydrogen) atoms. The van der Waals surface area contributed by atoms with E-state index in [0.717, 1.165) is 43.2 Å². The average molecular weight is 287 g/mol. The van der Waals surface area contributed by atoms with Crippen LogP contribution in [-0.4, -0.2) is 58.4 Å². The van der Waals surface area contributed by atoms with Gasteiger partial charge in [-0.3, -0.25) is 10.1 Å². The standard InChI is InChI=1S/C15H21N5O/c1-21-6-5-20-4-2-3-12(11-20)14-9-16-10-15(19-14)13-7-17-18-8-13/h7-10,12H,2-6,11H2,1H3,(H,17,18)/t12-/m1/s1. The van der Waals surface area contributed by atoms with Crippen LogP contribution in [0.25, 0.3) is 11.3 Å². The highest BCUT2D eigenvalue weighted by atomic mass is 16.5. The molecule has 1 N–H and O–H groups in total. The van der Waals surface area contributed by atoms with Gasteiger partial charge in [-0.1, -0.05) is 0 Å². The van der Waals surface area contributed by atoms with Crippen LogP contribution in [0.3, 0.4) is 0 Å². The van der Waals surface area contributed by atoms with Gasteiger partial charge in [-0.15, -0.1) is 0 Å². The number of rotatable bonds is 5. The maximum atomic E-state index is 5.17.